The van der Waals surface area contributed by atoms with Crippen LogP contribution >= 0.6 is 0 Å². The molecular formula is C15H22O5. The van der Waals surface area contributed by atoms with Crippen LogP contribution in [-0.4, -0.2) is 44.7 Å². The third kappa shape index (κ3) is 1.57. The van der Waals surface area contributed by atoms with Gasteiger partial charge in [-0.05, 0) is 26.7 Å². The highest BCUT2D eigenvalue weighted by Crippen LogP contribution is 2.57. The Morgan fingerprint density at radius 3 is 2.60 bits per heavy atom. The van der Waals surface area contributed by atoms with Gasteiger partial charge in [0.05, 0.1) is 11.7 Å². The van der Waals surface area contributed by atoms with E-state index in [9.17, 15) is 20.1 Å². The minimum atomic E-state index is -1.51. The molecule has 5 nitrogen and oxygen atoms in total. The lowest BCUT2D eigenvalue weighted by molar-refractivity contribution is -0.175. The van der Waals surface area contributed by atoms with Gasteiger partial charge in [-0.15, -0.1) is 0 Å². The van der Waals surface area contributed by atoms with Gasteiger partial charge in [-0.1, -0.05) is 19.1 Å². The Bertz CT molecular complexity index is 481. The van der Waals surface area contributed by atoms with Crippen LogP contribution in [0.15, 0.2) is 12.2 Å². The first-order valence-electron chi connectivity index (χ1n) is 7.14. The summed E-state index contributed by atoms with van der Waals surface area (Å²) in [7, 11) is 0. The second-order valence-corrected chi connectivity index (χ2v) is 7.18. The molecule has 3 N–H and O–H groups in total. The van der Waals surface area contributed by atoms with E-state index in [-0.39, 0.29) is 5.92 Å². The highest BCUT2D eigenvalue weighted by Gasteiger charge is 2.66. The molecule has 1 aliphatic heterocycles. The van der Waals surface area contributed by atoms with Gasteiger partial charge in [0.1, 0.15) is 6.10 Å². The molecule has 0 aromatic rings. The largest absolute Gasteiger partial charge is 0.459 e. The fourth-order valence-corrected chi connectivity index (χ4v) is 4.48. The van der Waals surface area contributed by atoms with Gasteiger partial charge in [-0.3, -0.25) is 0 Å². The smallest absolute Gasteiger partial charge is 0.338 e. The monoisotopic (exact) mass is 282 g/mol. The second-order valence-electron chi connectivity index (χ2n) is 7.18. The van der Waals surface area contributed by atoms with Crippen LogP contribution in [0.1, 0.15) is 33.6 Å². The third-order valence-electron chi connectivity index (χ3n) is 5.73. The standard InChI is InChI=1S/C15H22O5/c1-13-6-4-8-10(20-12(17)15(8,3)19)11(13)14(2,18)7-5-9(13)16/h5,7-11,16,18-19H,4,6H2,1-3H3/t8-,9-,10-,11+,13-,14+,15+/m1/s1. The molecule has 1 saturated heterocycles. The fourth-order valence-electron chi connectivity index (χ4n) is 4.48. The Balaban J connectivity index is 2.07. The van der Waals surface area contributed by atoms with Crippen LogP contribution in [0.25, 0.3) is 0 Å². The summed E-state index contributed by atoms with van der Waals surface area (Å²) >= 11 is 0. The zero-order valence-corrected chi connectivity index (χ0v) is 12.0. The molecule has 0 aromatic heterocycles. The van der Waals surface area contributed by atoms with Crippen molar-refractivity contribution in [1.29, 1.82) is 0 Å². The number of rotatable bonds is 0. The van der Waals surface area contributed by atoms with Gasteiger partial charge in [0.25, 0.3) is 0 Å². The van der Waals surface area contributed by atoms with Crippen LogP contribution in [0.3, 0.4) is 0 Å². The fraction of sp³-hybridized carbons (Fsp3) is 0.800. The van der Waals surface area contributed by atoms with Gasteiger partial charge in [-0.25, -0.2) is 4.79 Å². The molecule has 2 aliphatic carbocycles. The number of esters is 1. The molecule has 2 fully saturated rings. The zero-order valence-electron chi connectivity index (χ0n) is 12.0. The minimum absolute atomic E-state index is 0.335. The molecule has 0 unspecified atom stereocenters. The van der Waals surface area contributed by atoms with E-state index in [2.05, 4.69) is 0 Å². The van der Waals surface area contributed by atoms with Gasteiger partial charge >= 0.3 is 5.97 Å². The highest BCUT2D eigenvalue weighted by molar-refractivity contribution is 5.81. The molecule has 112 valence electrons. The van der Waals surface area contributed by atoms with E-state index in [0.717, 1.165) is 0 Å². The van der Waals surface area contributed by atoms with Crippen molar-refractivity contribution in [3.8, 4) is 0 Å². The highest BCUT2D eigenvalue weighted by atomic mass is 16.6. The number of aliphatic hydroxyl groups excluding tert-OH is 1. The summed E-state index contributed by atoms with van der Waals surface area (Å²) in [6, 6.07) is 0. The van der Waals surface area contributed by atoms with Crippen molar-refractivity contribution in [2.75, 3.05) is 0 Å². The summed E-state index contributed by atoms with van der Waals surface area (Å²) in [4.78, 5) is 11.9. The number of carbonyl (C=O) groups excluding carboxylic acids is 1. The summed E-state index contributed by atoms with van der Waals surface area (Å²) < 4.78 is 5.41. The van der Waals surface area contributed by atoms with Crippen LogP contribution in [0.4, 0.5) is 0 Å². The van der Waals surface area contributed by atoms with Crippen LogP contribution in [0.5, 0.6) is 0 Å². The van der Waals surface area contributed by atoms with Gasteiger partial charge in [0.15, 0.2) is 5.60 Å². The van der Waals surface area contributed by atoms with Crippen molar-refractivity contribution < 1.29 is 24.9 Å². The SMILES string of the molecule is C[C@]12CC[C@@H]3[C@@H](OC(=O)[C@@]3(C)O)[C@@H]1[C@@](C)(O)C=C[C@H]2O. The van der Waals surface area contributed by atoms with E-state index in [0.29, 0.717) is 12.8 Å². The van der Waals surface area contributed by atoms with E-state index in [1.54, 1.807) is 19.1 Å². The predicted molar refractivity (Wildman–Crippen MR) is 70.6 cm³/mol. The molecule has 0 amide bonds. The number of hydrogen-bond acceptors (Lipinski definition) is 5. The summed E-state index contributed by atoms with van der Waals surface area (Å²) in [5.74, 6) is -1.39. The quantitative estimate of drug-likeness (QED) is 0.441. The minimum Gasteiger partial charge on any atom is -0.459 e. The topological polar surface area (TPSA) is 87.0 Å². The summed E-state index contributed by atoms with van der Waals surface area (Å²) in [5.41, 5.74) is -3.23. The Hall–Kier alpha value is -0.910. The first kappa shape index (κ1) is 14.0. The lowest BCUT2D eigenvalue weighted by Crippen LogP contribution is -2.61. The molecule has 3 aliphatic rings. The molecule has 5 heteroatoms. The van der Waals surface area contributed by atoms with E-state index < -0.39 is 40.7 Å². The third-order valence-corrected chi connectivity index (χ3v) is 5.73. The number of aliphatic hydroxyl groups is 3. The first-order valence-corrected chi connectivity index (χ1v) is 7.14. The van der Waals surface area contributed by atoms with Crippen LogP contribution in [0.2, 0.25) is 0 Å². The van der Waals surface area contributed by atoms with E-state index in [1.807, 2.05) is 6.92 Å². The van der Waals surface area contributed by atoms with Gasteiger partial charge in [0, 0.05) is 17.3 Å². The van der Waals surface area contributed by atoms with Crippen molar-refractivity contribution in [3.63, 3.8) is 0 Å². The number of carbonyl (C=O) groups is 1. The van der Waals surface area contributed by atoms with Gasteiger partial charge in [-0.2, -0.15) is 0 Å². The van der Waals surface area contributed by atoms with Gasteiger partial charge < -0.3 is 20.1 Å². The maximum Gasteiger partial charge on any atom is 0.338 e. The molecule has 0 spiro atoms. The maximum atomic E-state index is 11.9. The van der Waals surface area contributed by atoms with E-state index in [4.69, 9.17) is 4.74 Å². The molecular weight excluding hydrogens is 260 g/mol. The average molecular weight is 282 g/mol. The van der Waals surface area contributed by atoms with Crippen LogP contribution in [-0.2, 0) is 9.53 Å². The zero-order chi connectivity index (χ0) is 14.9. The Morgan fingerprint density at radius 2 is 1.95 bits per heavy atom. The van der Waals surface area contributed by atoms with E-state index >= 15 is 0 Å². The molecule has 1 saturated carbocycles. The summed E-state index contributed by atoms with van der Waals surface area (Å²) in [5, 5.41) is 31.3. The number of fused-ring (bicyclic) bond motifs is 3. The van der Waals surface area contributed by atoms with Crippen molar-refractivity contribution in [2.45, 2.75) is 57.0 Å². The first-order chi connectivity index (χ1) is 9.10. The lowest BCUT2D eigenvalue weighted by Gasteiger charge is -2.55. The Morgan fingerprint density at radius 1 is 1.30 bits per heavy atom. The summed E-state index contributed by atoms with van der Waals surface area (Å²) in [6.07, 6.45) is 3.17. The van der Waals surface area contributed by atoms with Crippen LogP contribution < -0.4 is 0 Å². The molecule has 1 heterocycles. The predicted octanol–water partition coefficient (Wildman–Crippen LogP) is 0.377. The van der Waals surface area contributed by atoms with Crippen molar-refractivity contribution in [3.05, 3.63) is 12.2 Å². The molecule has 20 heavy (non-hydrogen) atoms. The molecule has 3 rings (SSSR count). The number of hydrogen-bond donors (Lipinski definition) is 3. The second kappa shape index (κ2) is 3.84. The van der Waals surface area contributed by atoms with Gasteiger partial charge in [0.2, 0.25) is 0 Å². The average Bonchev–Trinajstić information content (AvgIpc) is 2.55. The number of ether oxygens (including phenoxy) is 1. The Labute approximate surface area is 118 Å². The van der Waals surface area contributed by atoms with Crippen molar-refractivity contribution in [2.24, 2.45) is 17.3 Å². The van der Waals surface area contributed by atoms with Crippen molar-refractivity contribution >= 4 is 5.97 Å². The molecule has 0 aromatic carbocycles. The molecule has 0 radical (unpaired) electrons. The van der Waals surface area contributed by atoms with Crippen molar-refractivity contribution in [1.82, 2.24) is 0 Å². The van der Waals surface area contributed by atoms with Crippen LogP contribution in [0, 0.1) is 17.3 Å². The maximum absolute atomic E-state index is 11.9. The van der Waals surface area contributed by atoms with E-state index in [1.165, 1.54) is 6.92 Å². The lowest BCUT2D eigenvalue weighted by atomic mass is 9.52. The molecule has 0 bridgehead atoms. The summed E-state index contributed by atoms with van der Waals surface area (Å²) in [6.45, 7) is 5.06. The molecule has 7 atom stereocenters. The normalized spacial score (nSPS) is 58.0. The Kier molecular flexibility index (Phi) is 2.70.